The molecule has 2 aromatic rings. The van der Waals surface area contributed by atoms with E-state index in [0.29, 0.717) is 11.0 Å². The van der Waals surface area contributed by atoms with E-state index in [-0.39, 0.29) is 0 Å². The summed E-state index contributed by atoms with van der Waals surface area (Å²) in [4.78, 5) is 9.32. The van der Waals surface area contributed by atoms with E-state index < -0.39 is 0 Å². The van der Waals surface area contributed by atoms with Gasteiger partial charge in [0, 0.05) is 10.6 Å². The van der Waals surface area contributed by atoms with Crippen LogP contribution in [0.15, 0.2) is 40.3 Å². The van der Waals surface area contributed by atoms with Crippen LogP contribution in [0, 0.1) is 6.92 Å². The van der Waals surface area contributed by atoms with Crippen molar-refractivity contribution < 1.29 is 0 Å². The second kappa shape index (κ2) is 5.35. The first kappa shape index (κ1) is 12.2. The van der Waals surface area contributed by atoms with E-state index >= 15 is 0 Å². The number of nitrogens with two attached hydrogens (primary N) is 1. The number of hydrogen-bond donors (Lipinski definition) is 2. The third-order valence-electron chi connectivity index (χ3n) is 2.01. The lowest BCUT2D eigenvalue weighted by Gasteiger charge is -2.06. The second-order valence-electron chi connectivity index (χ2n) is 3.35. The Labute approximate surface area is 109 Å². The third-order valence-corrected chi connectivity index (χ3v) is 3.45. The minimum absolute atomic E-state index is 0.402. The van der Waals surface area contributed by atoms with Gasteiger partial charge in [0.15, 0.2) is 0 Å². The van der Waals surface area contributed by atoms with Gasteiger partial charge in [-0.3, -0.25) is 5.43 Å². The molecule has 0 radical (unpaired) electrons. The molecule has 4 nitrogen and oxygen atoms in total. The Balaban J connectivity index is 2.30. The van der Waals surface area contributed by atoms with E-state index in [1.165, 1.54) is 11.8 Å². The zero-order valence-electron chi connectivity index (χ0n) is 9.14. The first-order valence-corrected chi connectivity index (χ1v) is 6.13. The van der Waals surface area contributed by atoms with Gasteiger partial charge >= 0.3 is 0 Å². The number of aryl methyl sites for hydroxylation is 1. The molecule has 0 aliphatic carbocycles. The molecule has 1 heterocycles. The van der Waals surface area contributed by atoms with Crippen LogP contribution in [0.1, 0.15) is 5.69 Å². The number of nitrogens with one attached hydrogen (secondary N) is 1. The van der Waals surface area contributed by atoms with Gasteiger partial charge in [0.1, 0.15) is 5.03 Å². The zero-order valence-corrected chi connectivity index (χ0v) is 10.7. The minimum atomic E-state index is 0.402. The molecule has 0 aliphatic rings. The SMILES string of the molecule is Cc1cc(Sc2ccccc2Cl)nc(NN)n1. The Hall–Kier alpha value is -1.30. The van der Waals surface area contributed by atoms with Gasteiger partial charge in [-0.25, -0.2) is 15.8 Å². The number of rotatable bonds is 3. The molecule has 17 heavy (non-hydrogen) atoms. The first-order chi connectivity index (χ1) is 8.19. The van der Waals surface area contributed by atoms with Crippen LogP contribution in [0.2, 0.25) is 5.02 Å². The predicted molar refractivity (Wildman–Crippen MR) is 70.2 cm³/mol. The van der Waals surface area contributed by atoms with Crippen LogP contribution < -0.4 is 11.3 Å². The van der Waals surface area contributed by atoms with Crippen molar-refractivity contribution in [3.63, 3.8) is 0 Å². The summed E-state index contributed by atoms with van der Waals surface area (Å²) in [7, 11) is 0. The molecule has 0 amide bonds. The van der Waals surface area contributed by atoms with Crippen molar-refractivity contribution in [2.24, 2.45) is 5.84 Å². The third kappa shape index (κ3) is 3.09. The topological polar surface area (TPSA) is 63.8 Å². The fourth-order valence-electron chi connectivity index (χ4n) is 1.30. The molecule has 88 valence electrons. The van der Waals surface area contributed by atoms with Crippen LogP contribution in [0.5, 0.6) is 0 Å². The standard InChI is InChI=1S/C11H11ClN4S/c1-7-6-10(15-11(14-7)16-13)17-9-5-3-2-4-8(9)12/h2-6H,13H2,1H3,(H,14,15,16). The number of benzene rings is 1. The molecule has 0 aliphatic heterocycles. The summed E-state index contributed by atoms with van der Waals surface area (Å²) in [5, 5.41) is 1.51. The molecule has 0 unspecified atom stereocenters. The van der Waals surface area contributed by atoms with Crippen LogP contribution in [0.3, 0.4) is 0 Å². The number of hydrogen-bond acceptors (Lipinski definition) is 5. The Morgan fingerprint density at radius 3 is 2.76 bits per heavy atom. The van der Waals surface area contributed by atoms with Gasteiger partial charge < -0.3 is 0 Å². The Morgan fingerprint density at radius 2 is 2.06 bits per heavy atom. The molecule has 6 heteroatoms. The molecule has 1 aromatic heterocycles. The number of anilines is 1. The maximum Gasteiger partial charge on any atom is 0.238 e. The summed E-state index contributed by atoms with van der Waals surface area (Å²) in [6.45, 7) is 1.89. The fourth-order valence-corrected chi connectivity index (χ4v) is 2.45. The largest absolute Gasteiger partial charge is 0.292 e. The van der Waals surface area contributed by atoms with Crippen molar-refractivity contribution in [2.75, 3.05) is 5.43 Å². The van der Waals surface area contributed by atoms with Gasteiger partial charge in [0.05, 0.1) is 5.02 Å². The Morgan fingerprint density at radius 1 is 1.29 bits per heavy atom. The van der Waals surface area contributed by atoms with Crippen LogP contribution in [-0.2, 0) is 0 Å². The van der Waals surface area contributed by atoms with E-state index in [2.05, 4.69) is 15.4 Å². The molecule has 1 aromatic carbocycles. The van der Waals surface area contributed by atoms with Crippen LogP contribution >= 0.6 is 23.4 Å². The number of hydrazine groups is 1. The number of nitrogens with zero attached hydrogens (tertiary/aromatic N) is 2. The predicted octanol–water partition coefficient (Wildman–Crippen LogP) is 2.88. The lowest BCUT2D eigenvalue weighted by molar-refractivity contribution is 0.994. The van der Waals surface area contributed by atoms with E-state index in [1.807, 2.05) is 37.3 Å². The van der Waals surface area contributed by atoms with Gasteiger partial charge in [-0.05, 0) is 25.1 Å². The molecule has 0 spiro atoms. The molecule has 0 saturated heterocycles. The van der Waals surface area contributed by atoms with Crippen molar-refractivity contribution in [1.82, 2.24) is 9.97 Å². The average molecular weight is 267 g/mol. The first-order valence-electron chi connectivity index (χ1n) is 4.94. The van der Waals surface area contributed by atoms with Crippen molar-refractivity contribution in [2.45, 2.75) is 16.8 Å². The highest BCUT2D eigenvalue weighted by atomic mass is 35.5. The summed E-state index contributed by atoms with van der Waals surface area (Å²) >= 11 is 7.56. The van der Waals surface area contributed by atoms with Crippen molar-refractivity contribution in [1.29, 1.82) is 0 Å². The van der Waals surface area contributed by atoms with E-state index in [4.69, 9.17) is 17.4 Å². The summed E-state index contributed by atoms with van der Waals surface area (Å²) in [5.74, 6) is 5.70. The van der Waals surface area contributed by atoms with Gasteiger partial charge in [-0.1, -0.05) is 35.5 Å². The Bertz CT molecular complexity index is 533. The van der Waals surface area contributed by atoms with E-state index in [0.717, 1.165) is 15.6 Å². The molecule has 0 saturated carbocycles. The van der Waals surface area contributed by atoms with Crippen LogP contribution in [0.25, 0.3) is 0 Å². The van der Waals surface area contributed by atoms with Gasteiger partial charge in [-0.2, -0.15) is 0 Å². The van der Waals surface area contributed by atoms with Crippen LogP contribution in [-0.4, -0.2) is 9.97 Å². The summed E-state index contributed by atoms with van der Waals surface area (Å²) in [6.07, 6.45) is 0. The van der Waals surface area contributed by atoms with E-state index in [9.17, 15) is 0 Å². The lowest BCUT2D eigenvalue weighted by Crippen LogP contribution is -2.11. The monoisotopic (exact) mass is 266 g/mol. The lowest BCUT2D eigenvalue weighted by atomic mass is 10.4. The number of aromatic nitrogens is 2. The fraction of sp³-hybridized carbons (Fsp3) is 0.0909. The van der Waals surface area contributed by atoms with E-state index in [1.54, 1.807) is 0 Å². The summed E-state index contributed by atoms with van der Waals surface area (Å²) in [6, 6.07) is 9.50. The van der Waals surface area contributed by atoms with Gasteiger partial charge in [-0.15, -0.1) is 0 Å². The number of halogens is 1. The zero-order chi connectivity index (χ0) is 12.3. The summed E-state index contributed by atoms with van der Waals surface area (Å²) < 4.78 is 0. The molecule has 0 fully saturated rings. The highest BCUT2D eigenvalue weighted by Crippen LogP contribution is 2.32. The normalized spacial score (nSPS) is 10.3. The van der Waals surface area contributed by atoms with Crippen molar-refractivity contribution in [3.8, 4) is 0 Å². The van der Waals surface area contributed by atoms with Gasteiger partial charge in [0.25, 0.3) is 0 Å². The maximum atomic E-state index is 6.08. The molecular formula is C11H11ClN4S. The molecular weight excluding hydrogens is 256 g/mol. The Kier molecular flexibility index (Phi) is 3.83. The minimum Gasteiger partial charge on any atom is -0.292 e. The highest BCUT2D eigenvalue weighted by Gasteiger charge is 2.05. The van der Waals surface area contributed by atoms with Crippen LogP contribution in [0.4, 0.5) is 5.95 Å². The second-order valence-corrected chi connectivity index (χ2v) is 4.82. The van der Waals surface area contributed by atoms with Crippen molar-refractivity contribution in [3.05, 3.63) is 41.0 Å². The quantitative estimate of drug-likeness (QED) is 0.508. The van der Waals surface area contributed by atoms with Gasteiger partial charge in [0.2, 0.25) is 5.95 Å². The average Bonchev–Trinajstić information content (AvgIpc) is 2.31. The maximum absolute atomic E-state index is 6.08. The number of nitrogen functional groups attached to an aromatic ring is 1. The summed E-state index contributed by atoms with van der Waals surface area (Å²) in [5.41, 5.74) is 3.29. The molecule has 2 rings (SSSR count). The highest BCUT2D eigenvalue weighted by molar-refractivity contribution is 7.99. The molecule has 3 N–H and O–H groups in total. The van der Waals surface area contributed by atoms with Crippen molar-refractivity contribution >= 4 is 29.3 Å². The molecule has 0 atom stereocenters. The smallest absolute Gasteiger partial charge is 0.238 e. The molecule has 0 bridgehead atoms.